The Balaban J connectivity index is 1.55. The number of anilines is 1. The van der Waals surface area contributed by atoms with E-state index in [2.05, 4.69) is 5.32 Å². The summed E-state index contributed by atoms with van der Waals surface area (Å²) in [5, 5.41) is 11.9. The Morgan fingerprint density at radius 2 is 1.91 bits per heavy atom. The first-order chi connectivity index (χ1) is 10.5. The predicted molar refractivity (Wildman–Crippen MR) is 84.6 cm³/mol. The minimum Gasteiger partial charge on any atom is -0.481 e. The normalized spacial score (nSPS) is 23.2. The van der Waals surface area contributed by atoms with Gasteiger partial charge in [-0.25, -0.2) is 0 Å². The van der Waals surface area contributed by atoms with Gasteiger partial charge in [-0.05, 0) is 48.8 Å². The van der Waals surface area contributed by atoms with Gasteiger partial charge in [-0.2, -0.15) is 0 Å². The molecule has 1 aromatic rings. The largest absolute Gasteiger partial charge is 0.481 e. The van der Waals surface area contributed by atoms with Crippen LogP contribution in [0.4, 0.5) is 5.69 Å². The quantitative estimate of drug-likeness (QED) is 0.875. The van der Waals surface area contributed by atoms with Crippen LogP contribution in [0.5, 0.6) is 0 Å². The van der Waals surface area contributed by atoms with E-state index < -0.39 is 11.9 Å². The number of carboxylic acids is 1. The third-order valence-corrected chi connectivity index (χ3v) is 5.29. The molecule has 2 aliphatic carbocycles. The van der Waals surface area contributed by atoms with Crippen LogP contribution in [-0.4, -0.2) is 17.0 Å². The van der Waals surface area contributed by atoms with Crippen molar-refractivity contribution in [2.24, 2.45) is 17.3 Å². The van der Waals surface area contributed by atoms with Crippen LogP contribution in [0.1, 0.15) is 44.6 Å². The molecule has 1 amide bonds. The third kappa shape index (κ3) is 3.01. The van der Waals surface area contributed by atoms with Crippen molar-refractivity contribution in [1.82, 2.24) is 0 Å². The summed E-state index contributed by atoms with van der Waals surface area (Å²) in [5.41, 5.74) is 2.10. The molecule has 0 bridgehead atoms. The zero-order valence-corrected chi connectivity index (χ0v) is 13.0. The number of hydrogen-bond acceptors (Lipinski definition) is 2. The van der Waals surface area contributed by atoms with Crippen LogP contribution in [0, 0.1) is 17.3 Å². The van der Waals surface area contributed by atoms with Gasteiger partial charge in [0.1, 0.15) is 0 Å². The highest BCUT2D eigenvalue weighted by Gasteiger charge is 2.58. The van der Waals surface area contributed by atoms with E-state index in [0.29, 0.717) is 11.8 Å². The highest BCUT2D eigenvalue weighted by molar-refractivity contribution is 5.95. The first kappa shape index (κ1) is 15.1. The Morgan fingerprint density at radius 1 is 1.27 bits per heavy atom. The van der Waals surface area contributed by atoms with Crippen molar-refractivity contribution in [3.63, 3.8) is 0 Å². The van der Waals surface area contributed by atoms with E-state index in [9.17, 15) is 9.59 Å². The third-order valence-electron chi connectivity index (χ3n) is 5.29. The molecule has 1 spiro atoms. The minimum atomic E-state index is -0.784. The second-order valence-corrected chi connectivity index (χ2v) is 6.96. The number of amides is 1. The van der Waals surface area contributed by atoms with Crippen LogP contribution in [-0.2, 0) is 16.0 Å². The topological polar surface area (TPSA) is 66.4 Å². The lowest BCUT2D eigenvalue weighted by atomic mass is 10.0. The molecule has 4 nitrogen and oxygen atoms in total. The van der Waals surface area contributed by atoms with E-state index in [1.165, 1.54) is 25.7 Å². The standard InChI is InChI=1S/C18H23NO3/c1-12(17(21)22)10-13-4-6-14(7-5-13)19-16(20)15-11-18(15)8-2-3-9-18/h4-7,12,15H,2-3,8-11H2,1H3,(H,19,20)(H,21,22). The number of rotatable bonds is 5. The maximum absolute atomic E-state index is 12.3. The van der Waals surface area contributed by atoms with Gasteiger partial charge in [-0.15, -0.1) is 0 Å². The Kier molecular flexibility index (Phi) is 3.94. The molecule has 0 heterocycles. The number of benzene rings is 1. The summed E-state index contributed by atoms with van der Waals surface area (Å²) in [5.74, 6) is -0.836. The van der Waals surface area contributed by atoms with Gasteiger partial charge in [0, 0.05) is 11.6 Å². The van der Waals surface area contributed by atoms with Crippen LogP contribution in [0.2, 0.25) is 0 Å². The number of aliphatic carboxylic acids is 1. The van der Waals surface area contributed by atoms with Crippen LogP contribution in [0.15, 0.2) is 24.3 Å². The Morgan fingerprint density at radius 3 is 2.50 bits per heavy atom. The minimum absolute atomic E-state index is 0.147. The van der Waals surface area contributed by atoms with Gasteiger partial charge in [0.2, 0.25) is 5.91 Å². The molecule has 0 aromatic heterocycles. The zero-order chi connectivity index (χ0) is 15.7. The number of carboxylic acid groups (broad SMARTS) is 1. The second-order valence-electron chi connectivity index (χ2n) is 6.96. The highest BCUT2D eigenvalue weighted by Crippen LogP contribution is 2.63. The highest BCUT2D eigenvalue weighted by atomic mass is 16.4. The van der Waals surface area contributed by atoms with Crippen molar-refractivity contribution in [3.8, 4) is 0 Å². The fourth-order valence-corrected chi connectivity index (χ4v) is 3.74. The first-order valence-electron chi connectivity index (χ1n) is 8.13. The molecule has 0 aliphatic heterocycles. The predicted octanol–water partition coefficient (Wildman–Crippen LogP) is 3.47. The molecule has 3 rings (SSSR count). The van der Waals surface area contributed by atoms with E-state index >= 15 is 0 Å². The van der Waals surface area contributed by atoms with Gasteiger partial charge >= 0.3 is 5.97 Å². The van der Waals surface area contributed by atoms with Crippen molar-refractivity contribution in [2.45, 2.75) is 45.4 Å². The molecule has 2 saturated carbocycles. The van der Waals surface area contributed by atoms with Crippen molar-refractivity contribution >= 4 is 17.6 Å². The summed E-state index contributed by atoms with van der Waals surface area (Å²) in [7, 11) is 0. The van der Waals surface area contributed by atoms with Crippen molar-refractivity contribution < 1.29 is 14.7 Å². The van der Waals surface area contributed by atoms with Crippen LogP contribution < -0.4 is 5.32 Å². The maximum Gasteiger partial charge on any atom is 0.306 e. The van der Waals surface area contributed by atoms with Gasteiger partial charge in [-0.3, -0.25) is 9.59 Å². The molecular weight excluding hydrogens is 278 g/mol. The molecule has 2 unspecified atom stereocenters. The molecule has 4 heteroatoms. The maximum atomic E-state index is 12.3. The Bertz CT molecular complexity index is 572. The summed E-state index contributed by atoms with van der Waals surface area (Å²) < 4.78 is 0. The average molecular weight is 301 g/mol. The molecule has 0 radical (unpaired) electrons. The zero-order valence-electron chi connectivity index (χ0n) is 13.0. The van der Waals surface area contributed by atoms with E-state index in [1.807, 2.05) is 24.3 Å². The van der Waals surface area contributed by atoms with Crippen molar-refractivity contribution in [1.29, 1.82) is 0 Å². The SMILES string of the molecule is CC(Cc1ccc(NC(=O)C2CC23CCCC3)cc1)C(=O)O. The molecule has 22 heavy (non-hydrogen) atoms. The van der Waals surface area contributed by atoms with E-state index in [4.69, 9.17) is 5.11 Å². The fraction of sp³-hybridized carbons (Fsp3) is 0.556. The van der Waals surface area contributed by atoms with Gasteiger partial charge in [-0.1, -0.05) is 31.9 Å². The number of hydrogen-bond donors (Lipinski definition) is 2. The molecule has 2 N–H and O–H groups in total. The molecule has 0 saturated heterocycles. The summed E-state index contributed by atoms with van der Waals surface area (Å²) in [6.07, 6.45) is 6.50. The molecule has 2 aliphatic rings. The van der Waals surface area contributed by atoms with Crippen LogP contribution in [0.25, 0.3) is 0 Å². The lowest BCUT2D eigenvalue weighted by Gasteiger charge is -2.10. The summed E-state index contributed by atoms with van der Waals surface area (Å²) >= 11 is 0. The molecule has 2 atom stereocenters. The van der Waals surface area contributed by atoms with E-state index in [1.54, 1.807) is 6.92 Å². The van der Waals surface area contributed by atoms with Crippen molar-refractivity contribution in [2.75, 3.05) is 5.32 Å². The number of carbonyl (C=O) groups excluding carboxylic acids is 1. The Hall–Kier alpha value is -1.84. The average Bonchev–Trinajstić information content (AvgIpc) is 2.98. The molecule has 118 valence electrons. The number of carbonyl (C=O) groups is 2. The lowest BCUT2D eigenvalue weighted by molar-refractivity contribution is -0.141. The van der Waals surface area contributed by atoms with Gasteiger partial charge in [0.05, 0.1) is 5.92 Å². The van der Waals surface area contributed by atoms with Crippen LogP contribution >= 0.6 is 0 Å². The summed E-state index contributed by atoms with van der Waals surface area (Å²) in [4.78, 5) is 23.2. The van der Waals surface area contributed by atoms with Gasteiger partial charge in [0.25, 0.3) is 0 Å². The van der Waals surface area contributed by atoms with E-state index in [-0.39, 0.29) is 11.8 Å². The van der Waals surface area contributed by atoms with Crippen LogP contribution in [0.3, 0.4) is 0 Å². The second kappa shape index (κ2) is 5.75. The first-order valence-corrected chi connectivity index (χ1v) is 8.13. The number of nitrogens with one attached hydrogen (secondary N) is 1. The fourth-order valence-electron chi connectivity index (χ4n) is 3.74. The molecule has 1 aromatic carbocycles. The summed E-state index contributed by atoms with van der Waals surface area (Å²) in [6, 6.07) is 7.53. The lowest BCUT2D eigenvalue weighted by Crippen LogP contribution is -2.17. The monoisotopic (exact) mass is 301 g/mol. The van der Waals surface area contributed by atoms with Gasteiger partial charge < -0.3 is 10.4 Å². The van der Waals surface area contributed by atoms with Crippen molar-refractivity contribution in [3.05, 3.63) is 29.8 Å². The summed E-state index contributed by atoms with van der Waals surface area (Å²) in [6.45, 7) is 1.70. The van der Waals surface area contributed by atoms with E-state index in [0.717, 1.165) is 17.7 Å². The Labute approximate surface area is 130 Å². The molecule has 2 fully saturated rings. The molecular formula is C18H23NO3. The van der Waals surface area contributed by atoms with Gasteiger partial charge in [0.15, 0.2) is 0 Å². The smallest absolute Gasteiger partial charge is 0.306 e.